The number of rotatable bonds is 6. The van der Waals surface area contributed by atoms with Crippen molar-refractivity contribution in [3.05, 3.63) is 12.2 Å². The first-order chi connectivity index (χ1) is 9.20. The molecular formula is C13H22N4O2. The van der Waals surface area contributed by atoms with Crippen molar-refractivity contribution in [3.8, 4) is 0 Å². The molecule has 1 aromatic heterocycles. The number of nitrogens with one attached hydrogen (secondary N) is 1. The molecule has 1 aliphatic rings. The fourth-order valence-electron chi connectivity index (χ4n) is 2.66. The third kappa shape index (κ3) is 3.76. The second-order valence-electron chi connectivity index (χ2n) is 5.18. The summed E-state index contributed by atoms with van der Waals surface area (Å²) < 4.78 is 1.91. The van der Waals surface area contributed by atoms with Crippen LogP contribution in [0.1, 0.15) is 44.9 Å². The Hall–Kier alpha value is -1.43. The average molecular weight is 266 g/mol. The van der Waals surface area contributed by atoms with Crippen molar-refractivity contribution in [2.45, 2.75) is 58.2 Å². The molecule has 0 amide bonds. The van der Waals surface area contributed by atoms with Crippen molar-refractivity contribution in [3.63, 3.8) is 0 Å². The molecule has 1 fully saturated rings. The Bertz CT molecular complexity index is 419. The highest BCUT2D eigenvalue weighted by Gasteiger charge is 2.26. The first kappa shape index (κ1) is 14.0. The maximum Gasteiger partial charge on any atom is 0.306 e. The molecule has 106 valence electrons. The molecule has 0 saturated heterocycles. The monoisotopic (exact) mass is 266 g/mol. The number of hydrogen-bond donors (Lipinski definition) is 2. The fraction of sp³-hybridized carbons (Fsp3) is 0.769. The van der Waals surface area contributed by atoms with Crippen LogP contribution in [0.25, 0.3) is 0 Å². The number of aromatic nitrogens is 3. The van der Waals surface area contributed by atoms with E-state index in [-0.39, 0.29) is 12.0 Å². The smallest absolute Gasteiger partial charge is 0.306 e. The molecule has 1 aliphatic carbocycles. The predicted molar refractivity (Wildman–Crippen MR) is 70.5 cm³/mol. The van der Waals surface area contributed by atoms with E-state index in [4.69, 9.17) is 5.11 Å². The molecule has 1 aromatic rings. The molecule has 1 saturated carbocycles. The average Bonchev–Trinajstić information content (AvgIpc) is 2.85. The van der Waals surface area contributed by atoms with Gasteiger partial charge in [0.15, 0.2) is 0 Å². The summed E-state index contributed by atoms with van der Waals surface area (Å²) in [4.78, 5) is 15.3. The van der Waals surface area contributed by atoms with E-state index in [1.165, 1.54) is 0 Å². The number of aliphatic carboxylic acids is 1. The lowest BCUT2D eigenvalue weighted by Gasteiger charge is -2.27. The molecule has 6 heteroatoms. The summed E-state index contributed by atoms with van der Waals surface area (Å²) in [5.41, 5.74) is 0. The van der Waals surface area contributed by atoms with Gasteiger partial charge in [0.05, 0.1) is 12.5 Å². The molecule has 2 atom stereocenters. The highest BCUT2D eigenvalue weighted by molar-refractivity contribution is 5.70. The highest BCUT2D eigenvalue weighted by atomic mass is 16.4. The van der Waals surface area contributed by atoms with E-state index in [0.717, 1.165) is 44.5 Å². The van der Waals surface area contributed by atoms with Crippen LogP contribution >= 0.6 is 0 Å². The van der Waals surface area contributed by atoms with E-state index in [9.17, 15) is 4.79 Å². The standard InChI is InChI=1S/C13H22N4O2/c1-2-6-17-12(15-9-16-17)8-14-11-5-3-4-10(7-11)13(18)19/h9-11,14H,2-8H2,1H3,(H,18,19). The zero-order valence-electron chi connectivity index (χ0n) is 11.4. The Kier molecular flexibility index (Phi) is 4.90. The van der Waals surface area contributed by atoms with E-state index in [1.54, 1.807) is 6.33 Å². The molecule has 0 bridgehead atoms. The van der Waals surface area contributed by atoms with Gasteiger partial charge in [-0.1, -0.05) is 13.3 Å². The summed E-state index contributed by atoms with van der Waals surface area (Å²) in [6.45, 7) is 3.65. The second-order valence-corrected chi connectivity index (χ2v) is 5.18. The normalized spacial score (nSPS) is 23.4. The van der Waals surface area contributed by atoms with Crippen molar-refractivity contribution in [1.82, 2.24) is 20.1 Å². The van der Waals surface area contributed by atoms with Crippen molar-refractivity contribution in [2.75, 3.05) is 0 Å². The fourth-order valence-corrected chi connectivity index (χ4v) is 2.66. The van der Waals surface area contributed by atoms with Crippen LogP contribution in [0.2, 0.25) is 0 Å². The van der Waals surface area contributed by atoms with Crippen molar-refractivity contribution in [1.29, 1.82) is 0 Å². The van der Waals surface area contributed by atoms with Gasteiger partial charge in [0, 0.05) is 12.6 Å². The summed E-state index contributed by atoms with van der Waals surface area (Å²) in [7, 11) is 0. The highest BCUT2D eigenvalue weighted by Crippen LogP contribution is 2.24. The number of carbonyl (C=O) groups is 1. The van der Waals surface area contributed by atoms with Crippen LogP contribution in [0.15, 0.2) is 6.33 Å². The van der Waals surface area contributed by atoms with Gasteiger partial charge in [-0.15, -0.1) is 0 Å². The van der Waals surface area contributed by atoms with Gasteiger partial charge >= 0.3 is 5.97 Å². The van der Waals surface area contributed by atoms with Crippen LogP contribution in [0.4, 0.5) is 0 Å². The molecule has 2 unspecified atom stereocenters. The van der Waals surface area contributed by atoms with Gasteiger partial charge in [0.2, 0.25) is 0 Å². The van der Waals surface area contributed by atoms with Crippen LogP contribution in [0, 0.1) is 5.92 Å². The van der Waals surface area contributed by atoms with E-state index in [2.05, 4.69) is 22.3 Å². The van der Waals surface area contributed by atoms with Crippen LogP contribution in [-0.4, -0.2) is 31.9 Å². The van der Waals surface area contributed by atoms with Gasteiger partial charge in [0.1, 0.15) is 12.2 Å². The van der Waals surface area contributed by atoms with Gasteiger partial charge in [0.25, 0.3) is 0 Å². The maximum absolute atomic E-state index is 11.0. The lowest BCUT2D eigenvalue weighted by Crippen LogP contribution is -2.36. The molecule has 2 rings (SSSR count). The quantitative estimate of drug-likeness (QED) is 0.814. The number of carboxylic acid groups (broad SMARTS) is 1. The maximum atomic E-state index is 11.0. The van der Waals surface area contributed by atoms with Crippen LogP contribution in [0.5, 0.6) is 0 Å². The lowest BCUT2D eigenvalue weighted by molar-refractivity contribution is -0.143. The van der Waals surface area contributed by atoms with Crippen molar-refractivity contribution in [2.24, 2.45) is 5.92 Å². The Balaban J connectivity index is 1.84. The second kappa shape index (κ2) is 6.65. The molecule has 0 radical (unpaired) electrons. The van der Waals surface area contributed by atoms with E-state index in [1.807, 2.05) is 4.68 Å². The summed E-state index contributed by atoms with van der Waals surface area (Å²) in [5.74, 6) is 0.0692. The van der Waals surface area contributed by atoms with Gasteiger partial charge in [-0.3, -0.25) is 4.79 Å². The zero-order chi connectivity index (χ0) is 13.7. The first-order valence-corrected chi connectivity index (χ1v) is 7.03. The number of hydrogen-bond acceptors (Lipinski definition) is 4. The molecule has 0 aromatic carbocycles. The molecule has 19 heavy (non-hydrogen) atoms. The molecular weight excluding hydrogens is 244 g/mol. The summed E-state index contributed by atoms with van der Waals surface area (Å²) in [6.07, 6.45) is 6.16. The molecule has 6 nitrogen and oxygen atoms in total. The predicted octanol–water partition coefficient (Wildman–Crippen LogP) is 1.42. The van der Waals surface area contributed by atoms with E-state index >= 15 is 0 Å². The van der Waals surface area contributed by atoms with Gasteiger partial charge in [-0.2, -0.15) is 5.10 Å². The minimum Gasteiger partial charge on any atom is -0.481 e. The summed E-state index contributed by atoms with van der Waals surface area (Å²) in [6, 6.07) is 0.279. The van der Waals surface area contributed by atoms with Crippen LogP contribution in [0.3, 0.4) is 0 Å². The largest absolute Gasteiger partial charge is 0.481 e. The Labute approximate surface area is 113 Å². The van der Waals surface area contributed by atoms with Crippen molar-refractivity contribution >= 4 is 5.97 Å². The van der Waals surface area contributed by atoms with Crippen LogP contribution < -0.4 is 5.32 Å². The lowest BCUT2D eigenvalue weighted by atomic mass is 9.86. The van der Waals surface area contributed by atoms with Gasteiger partial charge in [-0.05, 0) is 25.7 Å². The van der Waals surface area contributed by atoms with Gasteiger partial charge < -0.3 is 10.4 Å². The topological polar surface area (TPSA) is 80.0 Å². The third-order valence-electron chi connectivity index (χ3n) is 3.70. The Morgan fingerprint density at radius 2 is 2.42 bits per heavy atom. The van der Waals surface area contributed by atoms with E-state index < -0.39 is 5.97 Å². The van der Waals surface area contributed by atoms with Crippen molar-refractivity contribution < 1.29 is 9.90 Å². The number of carboxylic acids is 1. The van der Waals surface area contributed by atoms with Gasteiger partial charge in [-0.25, -0.2) is 9.67 Å². The zero-order valence-corrected chi connectivity index (χ0v) is 11.4. The minimum atomic E-state index is -0.666. The Morgan fingerprint density at radius 3 is 3.16 bits per heavy atom. The van der Waals surface area contributed by atoms with Crippen LogP contribution in [-0.2, 0) is 17.9 Å². The number of nitrogens with zero attached hydrogens (tertiary/aromatic N) is 3. The molecule has 1 heterocycles. The molecule has 0 spiro atoms. The summed E-state index contributed by atoms with van der Waals surface area (Å²) in [5, 5.41) is 16.7. The molecule has 2 N–H and O–H groups in total. The SMILES string of the molecule is CCCn1ncnc1CNC1CCCC(C(=O)O)C1. The number of aryl methyl sites for hydroxylation is 1. The van der Waals surface area contributed by atoms with E-state index in [0.29, 0.717) is 6.54 Å². The Morgan fingerprint density at radius 1 is 1.58 bits per heavy atom. The summed E-state index contributed by atoms with van der Waals surface area (Å²) >= 11 is 0. The minimum absolute atomic E-state index is 0.195. The molecule has 0 aliphatic heterocycles. The third-order valence-corrected chi connectivity index (χ3v) is 3.70. The first-order valence-electron chi connectivity index (χ1n) is 7.03.